The minimum Gasteiger partial charge on any atom is -0.434 e. The molecule has 2 aromatic rings. The van der Waals surface area contributed by atoms with E-state index in [1.54, 1.807) is 0 Å². The van der Waals surface area contributed by atoms with Gasteiger partial charge in [-0.3, -0.25) is 0 Å². The quantitative estimate of drug-likeness (QED) is 0.0924. The topological polar surface area (TPSA) is 71.1 Å². The first-order valence-corrected chi connectivity index (χ1v) is 9.60. The van der Waals surface area contributed by atoms with Crippen LogP contribution in [-0.2, 0) is 9.47 Å². The normalized spacial score (nSPS) is 10.8. The lowest BCUT2D eigenvalue weighted by atomic mass is 10.2. The summed E-state index contributed by atoms with van der Waals surface area (Å²) in [6.07, 6.45) is -2.77. The molecule has 0 unspecified atom stereocenters. The Morgan fingerprint density at radius 3 is 0.944 bits per heavy atom. The van der Waals surface area contributed by atoms with Crippen LogP contribution in [-0.4, -0.2) is 25.5 Å². The van der Waals surface area contributed by atoms with Crippen molar-refractivity contribution in [1.82, 2.24) is 0 Å². The molecule has 2 rings (SSSR count). The van der Waals surface area contributed by atoms with E-state index >= 15 is 0 Å². The van der Waals surface area contributed by atoms with Crippen LogP contribution in [0, 0.1) is 58.2 Å². The molecule has 0 aliphatic carbocycles. The number of hydrogen-bond acceptors (Lipinski definition) is 6. The molecule has 0 aliphatic rings. The predicted molar refractivity (Wildman–Crippen MR) is 94.9 cm³/mol. The van der Waals surface area contributed by atoms with Crippen molar-refractivity contribution in [2.45, 2.75) is 25.7 Å². The minimum atomic E-state index is -2.44. The molecule has 6 nitrogen and oxygen atoms in total. The van der Waals surface area contributed by atoms with E-state index in [0.717, 1.165) is 0 Å². The van der Waals surface area contributed by atoms with Gasteiger partial charge in [0, 0.05) is 0 Å². The summed E-state index contributed by atoms with van der Waals surface area (Å²) in [6.45, 7) is -0.811. The van der Waals surface area contributed by atoms with Gasteiger partial charge >= 0.3 is 12.3 Å². The summed E-state index contributed by atoms with van der Waals surface area (Å²) in [4.78, 5) is 22.8. The average molecular weight is 538 g/mol. The van der Waals surface area contributed by atoms with Gasteiger partial charge in [0.05, 0.1) is 13.2 Å². The lowest BCUT2D eigenvalue weighted by molar-refractivity contribution is 0.0889. The van der Waals surface area contributed by atoms with E-state index in [1.807, 2.05) is 0 Å². The summed E-state index contributed by atoms with van der Waals surface area (Å²) in [5, 5.41) is 0. The van der Waals surface area contributed by atoms with Gasteiger partial charge in [0.2, 0.25) is 69.7 Å². The number of carbonyl (C=O) groups excluding carboxylic acids is 2. The number of carbonyl (C=O) groups is 2. The van der Waals surface area contributed by atoms with Gasteiger partial charge in [0.15, 0.2) is 0 Å². The highest BCUT2D eigenvalue weighted by atomic mass is 19.2. The number of unbranched alkanes of at least 4 members (excludes halogenated alkanes) is 3. The third-order valence-electron chi connectivity index (χ3n) is 4.19. The predicted octanol–water partition coefficient (Wildman–Crippen LogP) is 6.37. The molecule has 2 aromatic carbocycles. The van der Waals surface area contributed by atoms with Gasteiger partial charge in [-0.25, -0.2) is 35.9 Å². The summed E-state index contributed by atoms with van der Waals surface area (Å²) in [5.74, 6) is -27.4. The van der Waals surface area contributed by atoms with Crippen molar-refractivity contribution in [1.29, 1.82) is 0 Å². The number of rotatable bonds is 9. The second kappa shape index (κ2) is 12.3. The summed E-state index contributed by atoms with van der Waals surface area (Å²) < 4.78 is 149. The Morgan fingerprint density at radius 1 is 0.417 bits per heavy atom. The number of halogens is 10. The van der Waals surface area contributed by atoms with Gasteiger partial charge in [0.1, 0.15) is 0 Å². The average Bonchev–Trinajstić information content (AvgIpc) is 2.85. The number of benzene rings is 2. The van der Waals surface area contributed by atoms with Crippen molar-refractivity contribution < 1.29 is 72.4 Å². The first kappa shape index (κ1) is 28.5. The fourth-order valence-electron chi connectivity index (χ4n) is 2.44. The van der Waals surface area contributed by atoms with E-state index in [9.17, 15) is 53.5 Å². The molecule has 0 saturated heterocycles. The zero-order chi connectivity index (χ0) is 27.2. The highest BCUT2D eigenvalue weighted by Crippen LogP contribution is 2.30. The maximum Gasteiger partial charge on any atom is 0.514 e. The molecule has 198 valence electrons. The lowest BCUT2D eigenvalue weighted by Crippen LogP contribution is -2.16. The Bertz CT molecular complexity index is 1010. The van der Waals surface area contributed by atoms with Gasteiger partial charge in [-0.15, -0.1) is 0 Å². The summed E-state index contributed by atoms with van der Waals surface area (Å²) in [5.41, 5.74) is 0. The molecule has 0 saturated carbocycles. The summed E-state index contributed by atoms with van der Waals surface area (Å²) >= 11 is 0. The van der Waals surface area contributed by atoms with Crippen LogP contribution in [0.1, 0.15) is 25.7 Å². The van der Waals surface area contributed by atoms with Crippen molar-refractivity contribution in [3.05, 3.63) is 58.2 Å². The Kier molecular flexibility index (Phi) is 9.75. The lowest BCUT2D eigenvalue weighted by Gasteiger charge is -2.10. The van der Waals surface area contributed by atoms with Gasteiger partial charge in [-0.1, -0.05) is 0 Å². The summed E-state index contributed by atoms with van der Waals surface area (Å²) in [6, 6.07) is 0. The molecule has 0 bridgehead atoms. The minimum absolute atomic E-state index is 0.0984. The molecule has 0 aromatic heterocycles. The van der Waals surface area contributed by atoms with Gasteiger partial charge in [-0.2, -0.15) is 17.6 Å². The Hall–Kier alpha value is -3.72. The second-order valence-electron chi connectivity index (χ2n) is 6.61. The molecule has 0 spiro atoms. The fourth-order valence-corrected chi connectivity index (χ4v) is 2.44. The van der Waals surface area contributed by atoms with E-state index < -0.39 is 95.2 Å². The van der Waals surface area contributed by atoms with E-state index in [0.29, 0.717) is 0 Å². The van der Waals surface area contributed by atoms with Crippen molar-refractivity contribution in [2.75, 3.05) is 13.2 Å². The Morgan fingerprint density at radius 2 is 0.667 bits per heavy atom. The van der Waals surface area contributed by atoms with Crippen molar-refractivity contribution in [3.63, 3.8) is 0 Å². The molecule has 0 aliphatic heterocycles. The van der Waals surface area contributed by atoms with Crippen LogP contribution in [0.15, 0.2) is 0 Å². The van der Waals surface area contributed by atoms with Crippen molar-refractivity contribution >= 4 is 12.3 Å². The zero-order valence-corrected chi connectivity index (χ0v) is 17.5. The van der Waals surface area contributed by atoms with Crippen LogP contribution in [0.25, 0.3) is 0 Å². The van der Waals surface area contributed by atoms with Crippen LogP contribution in [0.2, 0.25) is 0 Å². The first-order valence-electron chi connectivity index (χ1n) is 9.60. The van der Waals surface area contributed by atoms with Crippen LogP contribution in [0.3, 0.4) is 0 Å². The molecule has 0 heterocycles. The third kappa shape index (κ3) is 6.48. The summed E-state index contributed by atoms with van der Waals surface area (Å²) in [7, 11) is 0. The standard InChI is InChI=1S/C20H12F10O6/c21-7-9(23)13(27)17(14(28)10(7)24)35-19(31)33-5-3-1-2-4-6-34-20(32)36-18-15(29)11(25)8(22)12(26)16(18)30/h1-6H2. The first-order chi connectivity index (χ1) is 16.9. The van der Waals surface area contributed by atoms with Crippen molar-refractivity contribution in [3.8, 4) is 11.5 Å². The smallest absolute Gasteiger partial charge is 0.434 e. The highest BCUT2D eigenvalue weighted by Gasteiger charge is 2.30. The van der Waals surface area contributed by atoms with Crippen LogP contribution in [0.4, 0.5) is 53.5 Å². The van der Waals surface area contributed by atoms with E-state index in [4.69, 9.17) is 0 Å². The van der Waals surface area contributed by atoms with Crippen molar-refractivity contribution in [2.24, 2.45) is 0 Å². The van der Waals surface area contributed by atoms with E-state index in [-0.39, 0.29) is 25.7 Å². The maximum absolute atomic E-state index is 13.4. The molecule has 0 atom stereocenters. The molecule has 16 heteroatoms. The third-order valence-corrected chi connectivity index (χ3v) is 4.19. The molecule has 0 radical (unpaired) electrons. The Labute approximate surface area is 194 Å². The molecular formula is C20H12F10O6. The van der Waals surface area contributed by atoms with Crippen LogP contribution >= 0.6 is 0 Å². The molecule has 0 fully saturated rings. The van der Waals surface area contributed by atoms with E-state index in [1.165, 1.54) is 0 Å². The maximum atomic E-state index is 13.4. The van der Waals surface area contributed by atoms with Gasteiger partial charge in [0.25, 0.3) is 0 Å². The monoisotopic (exact) mass is 538 g/mol. The largest absolute Gasteiger partial charge is 0.514 e. The number of ether oxygens (including phenoxy) is 4. The number of hydrogen-bond donors (Lipinski definition) is 0. The second-order valence-corrected chi connectivity index (χ2v) is 6.61. The zero-order valence-electron chi connectivity index (χ0n) is 17.5. The Balaban J connectivity index is 1.67. The molecular weight excluding hydrogens is 526 g/mol. The van der Waals surface area contributed by atoms with E-state index in [2.05, 4.69) is 18.9 Å². The van der Waals surface area contributed by atoms with Crippen LogP contribution in [0.5, 0.6) is 11.5 Å². The van der Waals surface area contributed by atoms with Crippen LogP contribution < -0.4 is 9.47 Å². The fraction of sp³-hybridized carbons (Fsp3) is 0.300. The molecule has 0 amide bonds. The SMILES string of the molecule is O=C(OCCCCCCOC(=O)Oc1c(F)c(F)c(F)c(F)c1F)Oc1c(F)c(F)c(F)c(F)c1F. The molecule has 0 N–H and O–H groups in total. The highest BCUT2D eigenvalue weighted by molar-refractivity contribution is 5.64. The molecule has 36 heavy (non-hydrogen) atoms. The van der Waals surface area contributed by atoms with Gasteiger partial charge in [-0.05, 0) is 25.7 Å². The van der Waals surface area contributed by atoms with Gasteiger partial charge < -0.3 is 18.9 Å².